The maximum atomic E-state index is 12.3. The number of hydrogen-bond acceptors (Lipinski definition) is 9. The lowest BCUT2D eigenvalue weighted by Crippen LogP contribution is -2.16. The van der Waals surface area contributed by atoms with E-state index in [9.17, 15) is 24.0 Å². The molecule has 3 aromatic carbocycles. The number of ether oxygens (including phenoxy) is 3. The number of nitrogens with one attached hydrogen (secondary N) is 3. The van der Waals surface area contributed by atoms with Gasteiger partial charge in [0.25, 0.3) is 0 Å². The van der Waals surface area contributed by atoms with Crippen LogP contribution in [-0.4, -0.2) is 61.7 Å². The summed E-state index contributed by atoms with van der Waals surface area (Å²) < 4.78 is 14.7. The average Bonchev–Trinajstić information content (AvgIpc) is 4.06. The first-order valence-corrected chi connectivity index (χ1v) is 16.9. The third-order valence-electron chi connectivity index (χ3n) is 9.02. The van der Waals surface area contributed by atoms with Crippen molar-refractivity contribution < 1.29 is 38.2 Å². The van der Waals surface area contributed by atoms with Crippen LogP contribution in [0.4, 0.5) is 0 Å². The van der Waals surface area contributed by atoms with Crippen LogP contribution in [0.3, 0.4) is 0 Å². The quantitative estimate of drug-likeness (QED) is 0.146. The van der Waals surface area contributed by atoms with Crippen LogP contribution in [-0.2, 0) is 23.8 Å². The number of nitrogens with zero attached hydrogens (tertiary/aromatic N) is 1. The number of aliphatic imine (C=N–C) groups is 1. The van der Waals surface area contributed by atoms with Crippen LogP contribution >= 0.6 is 0 Å². The number of allylic oxidation sites excluding steroid dienone is 5. The molecule has 2 amide bonds. The lowest BCUT2D eigenvalue weighted by molar-refractivity contribution is -0.116. The molecular weight excluding hydrogens is 700 g/mol. The van der Waals surface area contributed by atoms with Gasteiger partial charge in [-0.25, -0.2) is 19.4 Å². The number of aromatic amines is 1. The number of benzene rings is 3. The molecular formula is C43H32N4O8. The molecule has 0 saturated heterocycles. The number of carbonyl (C=O) groups is 5. The molecule has 3 N–H and O–H groups in total. The Morgan fingerprint density at radius 2 is 0.836 bits per heavy atom. The van der Waals surface area contributed by atoms with Gasteiger partial charge in [0.2, 0.25) is 11.8 Å². The molecule has 1 aromatic heterocycles. The molecule has 0 spiro atoms. The molecule has 0 fully saturated rings. The molecule has 3 aliphatic rings. The zero-order valence-electron chi connectivity index (χ0n) is 29.8. The van der Waals surface area contributed by atoms with Gasteiger partial charge < -0.3 is 29.8 Å². The van der Waals surface area contributed by atoms with Crippen molar-refractivity contribution in [3.05, 3.63) is 183 Å². The molecule has 0 atom stereocenters. The van der Waals surface area contributed by atoms with Crippen molar-refractivity contribution in [2.24, 2.45) is 4.99 Å². The Hall–Kier alpha value is -7.60. The summed E-state index contributed by atoms with van der Waals surface area (Å²) in [6, 6.07) is 24.4. The largest absolute Gasteiger partial charge is 0.465 e. The Kier molecular flexibility index (Phi) is 9.87. The maximum Gasteiger partial charge on any atom is 0.337 e. The second-order valence-corrected chi connectivity index (χ2v) is 12.3. The second-order valence-electron chi connectivity index (χ2n) is 12.3. The Balaban J connectivity index is 1.37. The zero-order valence-corrected chi connectivity index (χ0v) is 29.8. The molecule has 272 valence electrons. The molecule has 0 saturated carbocycles. The van der Waals surface area contributed by atoms with Crippen LogP contribution in [0.5, 0.6) is 0 Å². The number of amides is 2. The van der Waals surface area contributed by atoms with Crippen LogP contribution in [0.2, 0.25) is 0 Å². The highest BCUT2D eigenvalue weighted by Crippen LogP contribution is 2.36. The summed E-state index contributed by atoms with van der Waals surface area (Å²) in [6.45, 7) is 0. The first-order valence-electron chi connectivity index (χ1n) is 16.9. The summed E-state index contributed by atoms with van der Waals surface area (Å²) in [5.74, 6) is -1.98. The van der Waals surface area contributed by atoms with E-state index in [4.69, 9.17) is 19.2 Å². The van der Waals surface area contributed by atoms with Gasteiger partial charge in [-0.05, 0) is 89.5 Å². The van der Waals surface area contributed by atoms with Gasteiger partial charge in [-0.3, -0.25) is 9.59 Å². The molecule has 12 heteroatoms. The Labute approximate surface area is 314 Å². The fourth-order valence-corrected chi connectivity index (χ4v) is 6.38. The SMILES string of the molecule is COC(=O)c1ccc(/C(C2=N/C(=C(/c3ccc(C(=O)OC)cc3)c3ccc(/C(=C4/C=CC(=O)N4)c4ccc(C(=O)OC)cc4)[nH]3)C=C2)=C2\C=CC(=O)N2)cc1. The van der Waals surface area contributed by atoms with Crippen molar-refractivity contribution in [2.75, 3.05) is 21.3 Å². The highest BCUT2D eigenvalue weighted by Gasteiger charge is 2.24. The predicted octanol–water partition coefficient (Wildman–Crippen LogP) is 5.69. The summed E-state index contributed by atoms with van der Waals surface area (Å²) in [4.78, 5) is 69.9. The first-order chi connectivity index (χ1) is 26.7. The molecule has 4 heterocycles. The lowest BCUT2D eigenvalue weighted by Gasteiger charge is -2.13. The van der Waals surface area contributed by atoms with E-state index < -0.39 is 17.9 Å². The highest BCUT2D eigenvalue weighted by molar-refractivity contribution is 6.32. The number of H-pyrrole nitrogens is 1. The minimum absolute atomic E-state index is 0.268. The third kappa shape index (κ3) is 7.24. The standard InChI is InChI=1S/C43H32N4O8/c1-53-41(50)27-10-4-24(5-11-27)38(30-16-18-32(44-30)39(34-20-22-36(48)46-34)25-6-12-28(13-7-25)42(51)54-2)31-17-19-33(45-31)40(35-21-23-37(49)47-35)26-8-14-29(15-9-26)43(52)55-3/h4-23,44H,1-3H3,(H,46,48)(H,47,49)/b38-31-,39-34-,40-35-. The molecule has 4 aromatic rings. The van der Waals surface area contributed by atoms with Gasteiger partial charge in [0.1, 0.15) is 0 Å². The van der Waals surface area contributed by atoms with E-state index in [0.717, 1.165) is 11.1 Å². The maximum absolute atomic E-state index is 12.3. The first kappa shape index (κ1) is 35.8. The highest BCUT2D eigenvalue weighted by atomic mass is 16.5. The molecule has 55 heavy (non-hydrogen) atoms. The Bertz CT molecular complexity index is 2490. The molecule has 0 radical (unpaired) electrons. The van der Waals surface area contributed by atoms with Gasteiger partial charge in [0, 0.05) is 40.3 Å². The van der Waals surface area contributed by atoms with Crippen LogP contribution < -0.4 is 10.6 Å². The number of rotatable bonds is 9. The van der Waals surface area contributed by atoms with Crippen molar-refractivity contribution in [3.8, 4) is 0 Å². The fourth-order valence-electron chi connectivity index (χ4n) is 6.38. The molecule has 0 aliphatic carbocycles. The van der Waals surface area contributed by atoms with Gasteiger partial charge in [-0.15, -0.1) is 0 Å². The summed E-state index contributed by atoms with van der Waals surface area (Å²) in [5, 5.41) is 5.76. The van der Waals surface area contributed by atoms with Crippen molar-refractivity contribution in [1.82, 2.24) is 15.6 Å². The van der Waals surface area contributed by atoms with Crippen LogP contribution in [0, 0.1) is 0 Å². The van der Waals surface area contributed by atoms with Crippen LogP contribution in [0.25, 0.3) is 16.7 Å². The number of carbonyl (C=O) groups excluding carboxylic acids is 5. The molecule has 0 bridgehead atoms. The fraction of sp³-hybridized carbons (Fsp3) is 0.0698. The minimum Gasteiger partial charge on any atom is -0.465 e. The lowest BCUT2D eigenvalue weighted by atomic mass is 9.97. The normalized spacial score (nSPS) is 17.0. The Morgan fingerprint density at radius 3 is 1.25 bits per heavy atom. The monoisotopic (exact) mass is 732 g/mol. The van der Waals surface area contributed by atoms with E-state index in [0.29, 0.717) is 73.2 Å². The van der Waals surface area contributed by atoms with Gasteiger partial charge in [0.15, 0.2) is 0 Å². The zero-order chi connectivity index (χ0) is 38.6. The topological polar surface area (TPSA) is 165 Å². The number of aromatic nitrogens is 1. The van der Waals surface area contributed by atoms with E-state index in [1.807, 2.05) is 24.3 Å². The van der Waals surface area contributed by atoms with Crippen LogP contribution in [0.15, 0.2) is 143 Å². The van der Waals surface area contributed by atoms with Crippen LogP contribution in [0.1, 0.15) is 59.2 Å². The molecule has 7 rings (SSSR count). The van der Waals surface area contributed by atoms with Gasteiger partial charge in [-0.2, -0.15) is 0 Å². The Morgan fingerprint density at radius 1 is 0.455 bits per heavy atom. The van der Waals surface area contributed by atoms with Gasteiger partial charge in [-0.1, -0.05) is 36.4 Å². The van der Waals surface area contributed by atoms with E-state index in [1.54, 1.807) is 84.9 Å². The smallest absolute Gasteiger partial charge is 0.337 e. The number of methoxy groups -OCH3 is 3. The van der Waals surface area contributed by atoms with Crippen molar-refractivity contribution >= 4 is 52.2 Å². The van der Waals surface area contributed by atoms with Crippen molar-refractivity contribution in [2.45, 2.75) is 0 Å². The van der Waals surface area contributed by atoms with E-state index in [2.05, 4.69) is 15.6 Å². The molecule has 0 unspecified atom stereocenters. The van der Waals surface area contributed by atoms with Gasteiger partial charge >= 0.3 is 17.9 Å². The minimum atomic E-state index is -0.480. The predicted molar refractivity (Wildman–Crippen MR) is 204 cm³/mol. The molecule has 3 aliphatic heterocycles. The summed E-state index contributed by atoms with van der Waals surface area (Å²) >= 11 is 0. The number of hydrogen-bond donors (Lipinski definition) is 3. The second kappa shape index (κ2) is 15.2. The van der Waals surface area contributed by atoms with Gasteiger partial charge in [0.05, 0.1) is 60.8 Å². The van der Waals surface area contributed by atoms with Crippen molar-refractivity contribution in [1.29, 1.82) is 0 Å². The number of esters is 3. The summed E-state index contributed by atoms with van der Waals surface area (Å²) in [7, 11) is 3.94. The van der Waals surface area contributed by atoms with E-state index >= 15 is 0 Å². The van der Waals surface area contributed by atoms with E-state index in [-0.39, 0.29) is 11.8 Å². The average molecular weight is 733 g/mol. The molecule has 12 nitrogen and oxygen atoms in total. The third-order valence-corrected chi connectivity index (χ3v) is 9.02. The summed E-state index contributed by atoms with van der Waals surface area (Å²) in [6.07, 6.45) is 9.93. The van der Waals surface area contributed by atoms with E-state index in [1.165, 1.54) is 33.5 Å². The summed E-state index contributed by atoms with van der Waals surface area (Å²) in [5.41, 5.74) is 8.77. The van der Waals surface area contributed by atoms with Crippen molar-refractivity contribution in [3.63, 3.8) is 0 Å².